The van der Waals surface area contributed by atoms with Crippen molar-refractivity contribution < 1.29 is 0 Å². The highest BCUT2D eigenvalue weighted by atomic mass is 79.9. The molecule has 1 fully saturated rings. The average molecular weight is 467 g/mol. The van der Waals surface area contributed by atoms with Gasteiger partial charge in [-0.25, -0.2) is 14.5 Å². The topological polar surface area (TPSA) is 70.9 Å². The van der Waals surface area contributed by atoms with Crippen LogP contribution >= 0.6 is 15.9 Å². The molecule has 30 heavy (non-hydrogen) atoms. The number of fused-ring (bicyclic) bond motifs is 2. The van der Waals surface area contributed by atoms with Crippen molar-refractivity contribution in [2.45, 2.75) is 64.5 Å². The maximum absolute atomic E-state index is 4.97. The van der Waals surface area contributed by atoms with Crippen LogP contribution in [0.2, 0.25) is 0 Å². The lowest BCUT2D eigenvalue weighted by atomic mass is 9.86. The summed E-state index contributed by atoms with van der Waals surface area (Å²) in [7, 11) is 0. The largest absolute Gasteiger partial charge is 0.342 e. The second-order valence-corrected chi connectivity index (χ2v) is 9.30. The molecule has 156 valence electrons. The minimum Gasteiger partial charge on any atom is -0.342 e. The van der Waals surface area contributed by atoms with Crippen LogP contribution in [0.25, 0.3) is 16.7 Å². The SMILES string of the molecule is Cc1nc2ccc(CNC(C)c3cc(C4CCCCC4)nc4c(Br)cnn34)cc2[nH]1. The van der Waals surface area contributed by atoms with Gasteiger partial charge in [0.05, 0.1) is 27.4 Å². The van der Waals surface area contributed by atoms with Crippen molar-refractivity contribution in [3.05, 3.63) is 57.7 Å². The lowest BCUT2D eigenvalue weighted by Gasteiger charge is -2.23. The summed E-state index contributed by atoms with van der Waals surface area (Å²) in [5.41, 5.74) is 6.61. The van der Waals surface area contributed by atoms with Gasteiger partial charge in [-0.15, -0.1) is 0 Å². The number of halogens is 1. The summed E-state index contributed by atoms with van der Waals surface area (Å²) in [6.07, 6.45) is 8.27. The highest BCUT2D eigenvalue weighted by Crippen LogP contribution is 2.33. The fourth-order valence-corrected chi connectivity index (χ4v) is 4.91. The predicted octanol–water partition coefficient (Wildman–Crippen LogP) is 5.58. The molecule has 0 spiro atoms. The first kappa shape index (κ1) is 19.7. The third-order valence-corrected chi connectivity index (χ3v) is 6.78. The van der Waals surface area contributed by atoms with Gasteiger partial charge in [-0.3, -0.25) is 0 Å². The zero-order valence-corrected chi connectivity index (χ0v) is 19.0. The maximum atomic E-state index is 4.97. The number of nitrogens with one attached hydrogen (secondary N) is 2. The average Bonchev–Trinajstić information content (AvgIpc) is 3.33. The highest BCUT2D eigenvalue weighted by Gasteiger charge is 2.21. The number of H-pyrrole nitrogens is 1. The normalized spacial score (nSPS) is 16.5. The molecule has 3 aromatic heterocycles. The Labute approximate surface area is 184 Å². The molecule has 0 saturated heterocycles. The zero-order valence-electron chi connectivity index (χ0n) is 17.5. The summed E-state index contributed by atoms with van der Waals surface area (Å²) < 4.78 is 2.92. The number of rotatable bonds is 5. The van der Waals surface area contributed by atoms with E-state index in [0.717, 1.165) is 39.2 Å². The van der Waals surface area contributed by atoms with Gasteiger partial charge in [-0.2, -0.15) is 5.10 Å². The Kier molecular flexibility index (Phi) is 5.33. The van der Waals surface area contributed by atoms with Crippen LogP contribution in [0.5, 0.6) is 0 Å². The van der Waals surface area contributed by atoms with Crippen molar-refractivity contribution in [1.29, 1.82) is 0 Å². The Morgan fingerprint density at radius 2 is 2.03 bits per heavy atom. The summed E-state index contributed by atoms with van der Waals surface area (Å²) >= 11 is 3.63. The van der Waals surface area contributed by atoms with E-state index in [1.54, 1.807) is 0 Å². The van der Waals surface area contributed by atoms with Crippen LogP contribution in [0.1, 0.15) is 73.8 Å². The Bertz CT molecular complexity index is 1190. The monoisotopic (exact) mass is 466 g/mol. The van der Waals surface area contributed by atoms with Gasteiger partial charge in [0.2, 0.25) is 0 Å². The molecule has 1 aromatic carbocycles. The van der Waals surface area contributed by atoms with Crippen LogP contribution in [-0.2, 0) is 6.54 Å². The fourth-order valence-electron chi connectivity index (χ4n) is 4.56. The van der Waals surface area contributed by atoms with Gasteiger partial charge in [0.25, 0.3) is 0 Å². The molecule has 1 saturated carbocycles. The third kappa shape index (κ3) is 3.76. The molecule has 0 amide bonds. The van der Waals surface area contributed by atoms with Gasteiger partial charge in [-0.05, 0) is 66.4 Å². The first-order valence-electron chi connectivity index (χ1n) is 10.8. The van der Waals surface area contributed by atoms with Crippen LogP contribution in [0.15, 0.2) is 34.9 Å². The number of hydrogen-bond acceptors (Lipinski definition) is 4. The summed E-state index contributed by atoms with van der Waals surface area (Å²) in [6, 6.07) is 8.81. The van der Waals surface area contributed by atoms with E-state index in [1.165, 1.54) is 43.4 Å². The van der Waals surface area contributed by atoms with Crippen molar-refractivity contribution in [2.75, 3.05) is 0 Å². The second kappa shape index (κ2) is 8.12. The maximum Gasteiger partial charge on any atom is 0.169 e. The molecular weight excluding hydrogens is 440 g/mol. The van der Waals surface area contributed by atoms with E-state index in [0.29, 0.717) is 5.92 Å². The molecule has 6 nitrogen and oxygen atoms in total. The molecular formula is C23H27BrN6. The number of hydrogen-bond donors (Lipinski definition) is 2. The number of benzene rings is 1. The van der Waals surface area contributed by atoms with Crippen molar-refractivity contribution in [3.63, 3.8) is 0 Å². The van der Waals surface area contributed by atoms with Crippen LogP contribution in [0.3, 0.4) is 0 Å². The minimum atomic E-state index is 0.142. The summed E-state index contributed by atoms with van der Waals surface area (Å²) in [5, 5.41) is 8.26. The van der Waals surface area contributed by atoms with E-state index in [-0.39, 0.29) is 6.04 Å². The molecule has 0 aliphatic heterocycles. The third-order valence-electron chi connectivity index (χ3n) is 6.22. The molecule has 4 aromatic rings. The van der Waals surface area contributed by atoms with E-state index in [2.05, 4.69) is 67.5 Å². The van der Waals surface area contributed by atoms with Crippen molar-refractivity contribution in [2.24, 2.45) is 0 Å². The second-order valence-electron chi connectivity index (χ2n) is 8.45. The number of aromatic amines is 1. The lowest BCUT2D eigenvalue weighted by molar-refractivity contribution is 0.435. The number of nitrogens with zero attached hydrogens (tertiary/aromatic N) is 4. The first-order valence-corrected chi connectivity index (χ1v) is 11.6. The van der Waals surface area contributed by atoms with Gasteiger partial charge in [0.1, 0.15) is 5.82 Å². The molecule has 1 atom stereocenters. The van der Waals surface area contributed by atoms with Crippen LogP contribution < -0.4 is 5.32 Å². The number of imidazole rings is 1. The van der Waals surface area contributed by atoms with Gasteiger partial charge in [-0.1, -0.05) is 25.3 Å². The Hall–Kier alpha value is -2.25. The quantitative estimate of drug-likeness (QED) is 0.402. The number of aryl methyl sites for hydroxylation is 1. The Morgan fingerprint density at radius 1 is 1.20 bits per heavy atom. The van der Waals surface area contributed by atoms with E-state index in [4.69, 9.17) is 4.98 Å². The number of aromatic nitrogens is 5. The molecule has 7 heteroatoms. The van der Waals surface area contributed by atoms with E-state index in [9.17, 15) is 0 Å². The van der Waals surface area contributed by atoms with Crippen molar-refractivity contribution in [1.82, 2.24) is 29.9 Å². The van der Waals surface area contributed by atoms with Crippen LogP contribution in [-0.4, -0.2) is 24.6 Å². The summed E-state index contributed by atoms with van der Waals surface area (Å²) in [4.78, 5) is 12.8. The molecule has 2 N–H and O–H groups in total. The first-order chi connectivity index (χ1) is 14.6. The van der Waals surface area contributed by atoms with E-state index < -0.39 is 0 Å². The van der Waals surface area contributed by atoms with E-state index >= 15 is 0 Å². The van der Waals surface area contributed by atoms with Gasteiger partial charge >= 0.3 is 0 Å². The van der Waals surface area contributed by atoms with Crippen LogP contribution in [0.4, 0.5) is 0 Å². The van der Waals surface area contributed by atoms with Crippen molar-refractivity contribution >= 4 is 32.6 Å². The minimum absolute atomic E-state index is 0.142. The Balaban J connectivity index is 1.41. The van der Waals surface area contributed by atoms with Gasteiger partial charge < -0.3 is 10.3 Å². The summed E-state index contributed by atoms with van der Waals surface area (Å²) in [6.45, 7) is 4.97. The highest BCUT2D eigenvalue weighted by molar-refractivity contribution is 9.10. The molecule has 0 bridgehead atoms. The molecule has 3 heterocycles. The molecule has 5 rings (SSSR count). The van der Waals surface area contributed by atoms with Crippen molar-refractivity contribution in [3.8, 4) is 0 Å². The summed E-state index contributed by atoms with van der Waals surface area (Å²) in [5.74, 6) is 1.50. The lowest BCUT2D eigenvalue weighted by Crippen LogP contribution is -2.22. The van der Waals surface area contributed by atoms with Gasteiger partial charge in [0.15, 0.2) is 5.65 Å². The fraction of sp³-hybridized carbons (Fsp3) is 0.435. The molecule has 1 aliphatic carbocycles. The zero-order chi connectivity index (χ0) is 20.7. The van der Waals surface area contributed by atoms with Gasteiger partial charge in [0, 0.05) is 24.2 Å². The smallest absolute Gasteiger partial charge is 0.169 e. The van der Waals surface area contributed by atoms with E-state index in [1.807, 2.05) is 17.6 Å². The van der Waals surface area contributed by atoms with Crippen LogP contribution in [0, 0.1) is 6.92 Å². The Morgan fingerprint density at radius 3 is 2.87 bits per heavy atom. The molecule has 1 unspecified atom stereocenters. The molecule has 0 radical (unpaired) electrons. The molecule has 1 aliphatic rings. The predicted molar refractivity (Wildman–Crippen MR) is 123 cm³/mol. The standard InChI is InChI=1S/C23H27BrN6/c1-14(25-12-16-8-9-19-21(10-16)28-15(2)27-19)22-11-20(17-6-4-3-5-7-17)29-23-18(24)13-26-30(22)23/h8-11,13-14,17,25H,3-7,12H2,1-2H3,(H,27,28).